The van der Waals surface area contributed by atoms with E-state index in [4.69, 9.17) is 0 Å². The number of rotatable bonds is 5. The lowest BCUT2D eigenvalue weighted by molar-refractivity contribution is 0.452. The van der Waals surface area contributed by atoms with Crippen molar-refractivity contribution in [3.8, 4) is 0 Å². The van der Waals surface area contributed by atoms with E-state index in [0.29, 0.717) is 12.1 Å². The third-order valence-corrected chi connectivity index (χ3v) is 4.12. The highest BCUT2D eigenvalue weighted by atomic mass is 32.2. The van der Waals surface area contributed by atoms with E-state index in [1.165, 1.54) is 25.0 Å². The lowest BCUT2D eigenvalue weighted by Crippen LogP contribution is -2.40. The standard InChI is InChI=1S/C14H21NS/c1-3-13(10-16-2)15-14-8-11-6-4-5-7-12(11)9-14/h4-7,13-15H,3,8-10H2,1-2H3. The van der Waals surface area contributed by atoms with E-state index in [1.54, 1.807) is 11.1 Å². The Kier molecular flexibility index (Phi) is 4.30. The molecule has 0 saturated carbocycles. The Hall–Kier alpha value is -0.470. The summed E-state index contributed by atoms with van der Waals surface area (Å²) in [6.07, 6.45) is 5.84. The van der Waals surface area contributed by atoms with E-state index in [0.717, 1.165) is 0 Å². The number of hydrogen-bond acceptors (Lipinski definition) is 2. The molecule has 1 aromatic rings. The van der Waals surface area contributed by atoms with Gasteiger partial charge in [0, 0.05) is 17.8 Å². The van der Waals surface area contributed by atoms with Gasteiger partial charge in [0.05, 0.1) is 0 Å². The summed E-state index contributed by atoms with van der Waals surface area (Å²) in [5.41, 5.74) is 3.08. The molecule has 1 N–H and O–H groups in total. The molecule has 16 heavy (non-hydrogen) atoms. The van der Waals surface area contributed by atoms with Crippen LogP contribution in [0.2, 0.25) is 0 Å². The van der Waals surface area contributed by atoms with Gasteiger partial charge < -0.3 is 5.32 Å². The number of thioether (sulfide) groups is 1. The summed E-state index contributed by atoms with van der Waals surface area (Å²) in [4.78, 5) is 0. The minimum atomic E-state index is 0.662. The number of hydrogen-bond donors (Lipinski definition) is 1. The predicted octanol–water partition coefficient (Wildman–Crippen LogP) is 2.89. The molecule has 0 saturated heterocycles. The van der Waals surface area contributed by atoms with Crippen molar-refractivity contribution in [1.29, 1.82) is 0 Å². The summed E-state index contributed by atoms with van der Waals surface area (Å²) in [5, 5.41) is 3.79. The molecule has 1 atom stereocenters. The third-order valence-electron chi connectivity index (χ3n) is 3.38. The van der Waals surface area contributed by atoms with E-state index < -0.39 is 0 Å². The SMILES string of the molecule is CCC(CSC)NC1Cc2ccccc2C1. The van der Waals surface area contributed by atoms with Crippen LogP contribution in [0.1, 0.15) is 24.5 Å². The van der Waals surface area contributed by atoms with Crippen LogP contribution in [-0.2, 0) is 12.8 Å². The van der Waals surface area contributed by atoms with Crippen molar-refractivity contribution < 1.29 is 0 Å². The van der Waals surface area contributed by atoms with Crippen molar-refractivity contribution in [3.05, 3.63) is 35.4 Å². The molecule has 0 aliphatic heterocycles. The molecule has 0 fully saturated rings. The van der Waals surface area contributed by atoms with Crippen molar-refractivity contribution in [2.75, 3.05) is 12.0 Å². The fourth-order valence-electron chi connectivity index (χ4n) is 2.50. The molecular formula is C14H21NS. The average molecular weight is 235 g/mol. The van der Waals surface area contributed by atoms with Crippen molar-refractivity contribution in [3.63, 3.8) is 0 Å². The zero-order valence-corrected chi connectivity index (χ0v) is 11.0. The largest absolute Gasteiger partial charge is 0.310 e. The minimum Gasteiger partial charge on any atom is -0.310 e. The van der Waals surface area contributed by atoms with E-state index in [2.05, 4.69) is 42.8 Å². The zero-order valence-electron chi connectivity index (χ0n) is 10.2. The summed E-state index contributed by atoms with van der Waals surface area (Å²) in [7, 11) is 0. The molecule has 2 rings (SSSR count). The molecule has 0 aromatic heterocycles. The van der Waals surface area contributed by atoms with Crippen LogP contribution in [0.25, 0.3) is 0 Å². The fraction of sp³-hybridized carbons (Fsp3) is 0.571. The second-order valence-electron chi connectivity index (χ2n) is 4.60. The van der Waals surface area contributed by atoms with Crippen LogP contribution in [0.3, 0.4) is 0 Å². The van der Waals surface area contributed by atoms with Crippen LogP contribution in [0.5, 0.6) is 0 Å². The van der Waals surface area contributed by atoms with E-state index in [9.17, 15) is 0 Å². The summed E-state index contributed by atoms with van der Waals surface area (Å²) in [6, 6.07) is 10.2. The Balaban J connectivity index is 1.91. The lowest BCUT2D eigenvalue weighted by atomic mass is 10.1. The molecule has 1 nitrogen and oxygen atoms in total. The Morgan fingerprint density at radius 2 is 1.94 bits per heavy atom. The van der Waals surface area contributed by atoms with Gasteiger partial charge in [-0.25, -0.2) is 0 Å². The van der Waals surface area contributed by atoms with E-state index in [-0.39, 0.29) is 0 Å². The Morgan fingerprint density at radius 3 is 2.44 bits per heavy atom. The van der Waals surface area contributed by atoms with Crippen molar-refractivity contribution in [2.24, 2.45) is 0 Å². The fourth-order valence-corrected chi connectivity index (χ4v) is 3.23. The van der Waals surface area contributed by atoms with Gasteiger partial charge in [-0.3, -0.25) is 0 Å². The highest BCUT2D eigenvalue weighted by Gasteiger charge is 2.22. The molecule has 1 aromatic carbocycles. The predicted molar refractivity (Wildman–Crippen MR) is 73.2 cm³/mol. The maximum Gasteiger partial charge on any atom is 0.0158 e. The number of fused-ring (bicyclic) bond motifs is 1. The molecular weight excluding hydrogens is 214 g/mol. The second-order valence-corrected chi connectivity index (χ2v) is 5.51. The number of nitrogens with one attached hydrogen (secondary N) is 1. The van der Waals surface area contributed by atoms with Crippen LogP contribution in [0.4, 0.5) is 0 Å². The Morgan fingerprint density at radius 1 is 1.31 bits per heavy atom. The molecule has 1 aliphatic rings. The molecule has 0 spiro atoms. The van der Waals surface area contributed by atoms with Gasteiger partial charge in [0.15, 0.2) is 0 Å². The van der Waals surface area contributed by atoms with E-state index in [1.807, 2.05) is 11.8 Å². The van der Waals surface area contributed by atoms with Gasteiger partial charge in [0.25, 0.3) is 0 Å². The molecule has 1 unspecified atom stereocenters. The first-order valence-electron chi connectivity index (χ1n) is 6.15. The van der Waals surface area contributed by atoms with Crippen LogP contribution in [-0.4, -0.2) is 24.1 Å². The second kappa shape index (κ2) is 5.74. The molecule has 88 valence electrons. The molecule has 0 radical (unpaired) electrons. The quantitative estimate of drug-likeness (QED) is 0.842. The van der Waals surface area contributed by atoms with Gasteiger partial charge in [-0.05, 0) is 36.6 Å². The summed E-state index contributed by atoms with van der Waals surface area (Å²) in [5.74, 6) is 1.23. The van der Waals surface area contributed by atoms with Crippen molar-refractivity contribution in [1.82, 2.24) is 5.32 Å². The van der Waals surface area contributed by atoms with Crippen LogP contribution in [0.15, 0.2) is 24.3 Å². The highest BCUT2D eigenvalue weighted by molar-refractivity contribution is 7.98. The van der Waals surface area contributed by atoms with Crippen LogP contribution < -0.4 is 5.32 Å². The van der Waals surface area contributed by atoms with Gasteiger partial charge >= 0.3 is 0 Å². The smallest absolute Gasteiger partial charge is 0.0158 e. The Labute approximate surface area is 103 Å². The van der Waals surface area contributed by atoms with Crippen LogP contribution >= 0.6 is 11.8 Å². The first-order valence-corrected chi connectivity index (χ1v) is 7.54. The van der Waals surface area contributed by atoms with Crippen molar-refractivity contribution in [2.45, 2.75) is 38.3 Å². The van der Waals surface area contributed by atoms with Gasteiger partial charge in [-0.1, -0.05) is 31.2 Å². The third kappa shape index (κ3) is 2.80. The lowest BCUT2D eigenvalue weighted by Gasteiger charge is -2.20. The monoisotopic (exact) mass is 235 g/mol. The summed E-state index contributed by atoms with van der Waals surface area (Å²) < 4.78 is 0. The highest BCUT2D eigenvalue weighted by Crippen LogP contribution is 2.22. The Bertz CT molecular complexity index is 312. The topological polar surface area (TPSA) is 12.0 Å². The van der Waals surface area contributed by atoms with Crippen LogP contribution in [0, 0.1) is 0 Å². The molecule has 0 amide bonds. The molecule has 2 heteroatoms. The summed E-state index contributed by atoms with van der Waals surface area (Å²) in [6.45, 7) is 2.27. The molecule has 0 bridgehead atoms. The normalized spacial score (nSPS) is 17.4. The molecule has 1 aliphatic carbocycles. The minimum absolute atomic E-state index is 0.662. The molecule has 0 heterocycles. The average Bonchev–Trinajstić information content (AvgIpc) is 2.70. The maximum atomic E-state index is 3.79. The van der Waals surface area contributed by atoms with E-state index >= 15 is 0 Å². The number of benzene rings is 1. The maximum absolute atomic E-state index is 3.79. The van der Waals surface area contributed by atoms with Gasteiger partial charge in [-0.15, -0.1) is 0 Å². The summed E-state index contributed by atoms with van der Waals surface area (Å²) >= 11 is 1.94. The van der Waals surface area contributed by atoms with Gasteiger partial charge in [0.2, 0.25) is 0 Å². The zero-order chi connectivity index (χ0) is 11.4. The van der Waals surface area contributed by atoms with Gasteiger partial charge in [-0.2, -0.15) is 11.8 Å². The first-order chi connectivity index (χ1) is 7.83. The first kappa shape index (κ1) is 12.0. The van der Waals surface area contributed by atoms with Crippen molar-refractivity contribution >= 4 is 11.8 Å². The van der Waals surface area contributed by atoms with Gasteiger partial charge in [0.1, 0.15) is 0 Å².